The van der Waals surface area contributed by atoms with Crippen LogP contribution in [-0.2, 0) is 9.53 Å². The number of carbonyl (C=O) groups excluding carboxylic acids is 1. The molecule has 0 aromatic carbocycles. The number of ketones is 1. The lowest BCUT2D eigenvalue weighted by molar-refractivity contribution is -0.124. The summed E-state index contributed by atoms with van der Waals surface area (Å²) in [4.78, 5) is 12.0. The molecule has 3 heteroatoms. The number of ether oxygens (including phenoxy) is 1. The molecule has 92 valence electrons. The molecule has 2 rings (SSSR count). The van der Waals surface area contributed by atoms with Crippen LogP contribution >= 0.6 is 11.8 Å². The van der Waals surface area contributed by atoms with Crippen LogP contribution in [0, 0.1) is 5.92 Å². The number of hydrogen-bond acceptors (Lipinski definition) is 3. The molecule has 0 amide bonds. The van der Waals surface area contributed by atoms with E-state index in [4.69, 9.17) is 4.74 Å². The van der Waals surface area contributed by atoms with E-state index in [1.807, 2.05) is 6.92 Å². The minimum absolute atomic E-state index is 0.344. The highest BCUT2D eigenvalue weighted by Gasteiger charge is 2.35. The number of fused-ring (bicyclic) bond motifs is 2. The Morgan fingerprint density at radius 2 is 2.00 bits per heavy atom. The number of hydrogen-bond donors (Lipinski definition) is 0. The second kappa shape index (κ2) is 6.06. The molecule has 16 heavy (non-hydrogen) atoms. The average Bonchev–Trinajstić information content (AvgIpc) is 2.28. The van der Waals surface area contributed by atoms with Gasteiger partial charge in [0.25, 0.3) is 0 Å². The first kappa shape index (κ1) is 12.4. The minimum atomic E-state index is 0.344. The van der Waals surface area contributed by atoms with E-state index in [2.05, 4.69) is 11.8 Å². The first-order valence-corrected chi connectivity index (χ1v) is 7.49. The summed E-state index contributed by atoms with van der Waals surface area (Å²) in [6.07, 6.45) is 6.93. The zero-order chi connectivity index (χ0) is 11.4. The Balaban J connectivity index is 1.78. The highest BCUT2D eigenvalue weighted by Crippen LogP contribution is 2.44. The first-order chi connectivity index (χ1) is 7.79. The Morgan fingerprint density at radius 3 is 2.62 bits per heavy atom. The molecule has 2 fully saturated rings. The van der Waals surface area contributed by atoms with Gasteiger partial charge in [0.1, 0.15) is 5.78 Å². The minimum Gasteiger partial charge on any atom is -0.381 e. The summed E-state index contributed by atoms with van der Waals surface area (Å²) in [7, 11) is 0. The zero-order valence-corrected chi connectivity index (χ0v) is 10.9. The Bertz CT molecular complexity index is 230. The third kappa shape index (κ3) is 3.24. The van der Waals surface area contributed by atoms with E-state index in [-0.39, 0.29) is 0 Å². The van der Waals surface area contributed by atoms with Crippen LogP contribution in [0.5, 0.6) is 0 Å². The SMILES string of the molecule is CCOCCC(=O)C1CC2CCCC(C1)S2. The van der Waals surface area contributed by atoms with Gasteiger partial charge < -0.3 is 4.74 Å². The third-order valence-corrected chi connectivity index (χ3v) is 5.31. The second-order valence-corrected chi connectivity index (χ2v) is 6.50. The molecule has 0 aromatic heterocycles. The van der Waals surface area contributed by atoms with E-state index in [1.54, 1.807) is 0 Å². The van der Waals surface area contributed by atoms with E-state index in [0.717, 1.165) is 29.9 Å². The molecule has 2 nitrogen and oxygen atoms in total. The van der Waals surface area contributed by atoms with Crippen LogP contribution in [0.2, 0.25) is 0 Å². The Kier molecular flexibility index (Phi) is 4.71. The van der Waals surface area contributed by atoms with E-state index in [9.17, 15) is 4.79 Å². The van der Waals surface area contributed by atoms with Gasteiger partial charge in [-0.05, 0) is 32.6 Å². The van der Waals surface area contributed by atoms with Crippen molar-refractivity contribution in [2.24, 2.45) is 5.92 Å². The van der Waals surface area contributed by atoms with Gasteiger partial charge in [0, 0.05) is 29.4 Å². The summed E-state index contributed by atoms with van der Waals surface area (Å²) < 4.78 is 5.26. The maximum atomic E-state index is 12.0. The van der Waals surface area contributed by atoms with Gasteiger partial charge in [0.05, 0.1) is 6.61 Å². The molecular formula is C13H22O2S. The molecule has 0 spiro atoms. The van der Waals surface area contributed by atoms with Crippen LogP contribution < -0.4 is 0 Å². The predicted octanol–water partition coefficient (Wildman–Crippen LogP) is 3.05. The summed E-state index contributed by atoms with van der Waals surface area (Å²) >= 11 is 2.14. The molecule has 2 aliphatic rings. The summed E-state index contributed by atoms with van der Waals surface area (Å²) in [6, 6.07) is 0. The smallest absolute Gasteiger partial charge is 0.138 e. The van der Waals surface area contributed by atoms with Crippen molar-refractivity contribution in [1.29, 1.82) is 0 Å². The zero-order valence-electron chi connectivity index (χ0n) is 10.1. The fraction of sp³-hybridized carbons (Fsp3) is 0.923. The monoisotopic (exact) mass is 242 g/mol. The van der Waals surface area contributed by atoms with Crippen molar-refractivity contribution in [3.05, 3.63) is 0 Å². The summed E-state index contributed by atoms with van der Waals surface area (Å²) in [5.41, 5.74) is 0. The highest BCUT2D eigenvalue weighted by atomic mass is 32.2. The topological polar surface area (TPSA) is 26.3 Å². The molecule has 2 bridgehead atoms. The van der Waals surface area contributed by atoms with E-state index >= 15 is 0 Å². The maximum Gasteiger partial charge on any atom is 0.138 e. The summed E-state index contributed by atoms with van der Waals surface area (Å²) in [6.45, 7) is 3.32. The number of carbonyl (C=O) groups is 1. The number of Topliss-reactive ketones (excluding diaryl/α,β-unsaturated/α-hetero) is 1. The third-order valence-electron chi connectivity index (χ3n) is 3.68. The van der Waals surface area contributed by atoms with E-state index < -0.39 is 0 Å². The number of rotatable bonds is 5. The standard InChI is InChI=1S/C13H22O2S/c1-2-15-7-6-13(14)10-8-11-4-3-5-12(9-10)16-11/h10-12H,2-9H2,1H3. The average molecular weight is 242 g/mol. The molecule has 2 heterocycles. The van der Waals surface area contributed by atoms with Crippen molar-refractivity contribution in [3.63, 3.8) is 0 Å². The molecule has 2 aliphatic heterocycles. The molecule has 0 N–H and O–H groups in total. The Labute approximate surface area is 103 Å². The van der Waals surface area contributed by atoms with Crippen molar-refractivity contribution in [2.45, 2.75) is 55.9 Å². The molecule has 0 radical (unpaired) electrons. The first-order valence-electron chi connectivity index (χ1n) is 6.55. The molecule has 0 saturated carbocycles. The van der Waals surface area contributed by atoms with Gasteiger partial charge >= 0.3 is 0 Å². The van der Waals surface area contributed by atoms with Crippen LogP contribution in [0.1, 0.15) is 45.4 Å². The molecule has 2 saturated heterocycles. The van der Waals surface area contributed by atoms with Gasteiger partial charge in [-0.1, -0.05) is 6.42 Å². The number of thioether (sulfide) groups is 1. The van der Waals surface area contributed by atoms with Gasteiger partial charge in [-0.15, -0.1) is 0 Å². The van der Waals surface area contributed by atoms with Crippen molar-refractivity contribution in [1.82, 2.24) is 0 Å². The van der Waals surface area contributed by atoms with Crippen molar-refractivity contribution in [3.8, 4) is 0 Å². The van der Waals surface area contributed by atoms with E-state index in [0.29, 0.717) is 24.7 Å². The fourth-order valence-corrected chi connectivity index (χ4v) is 4.68. The largest absolute Gasteiger partial charge is 0.381 e. The normalized spacial score (nSPS) is 33.7. The van der Waals surface area contributed by atoms with Crippen molar-refractivity contribution >= 4 is 17.5 Å². The Morgan fingerprint density at radius 1 is 1.31 bits per heavy atom. The highest BCUT2D eigenvalue weighted by molar-refractivity contribution is 8.00. The quantitative estimate of drug-likeness (QED) is 0.693. The van der Waals surface area contributed by atoms with Gasteiger partial charge in [0.2, 0.25) is 0 Å². The maximum absolute atomic E-state index is 12.0. The van der Waals surface area contributed by atoms with Gasteiger partial charge in [0.15, 0.2) is 0 Å². The van der Waals surface area contributed by atoms with Crippen LogP contribution in [0.25, 0.3) is 0 Å². The molecule has 2 atom stereocenters. The van der Waals surface area contributed by atoms with Crippen molar-refractivity contribution < 1.29 is 9.53 Å². The van der Waals surface area contributed by atoms with Gasteiger partial charge in [-0.3, -0.25) is 4.79 Å². The lowest BCUT2D eigenvalue weighted by Gasteiger charge is -2.37. The molecular weight excluding hydrogens is 220 g/mol. The van der Waals surface area contributed by atoms with E-state index in [1.165, 1.54) is 19.3 Å². The fourth-order valence-electron chi connectivity index (χ4n) is 2.84. The lowest BCUT2D eigenvalue weighted by atomic mass is 9.86. The molecule has 2 unspecified atom stereocenters. The van der Waals surface area contributed by atoms with Gasteiger partial charge in [-0.25, -0.2) is 0 Å². The summed E-state index contributed by atoms with van der Waals surface area (Å²) in [5.74, 6) is 0.794. The van der Waals surface area contributed by atoms with Crippen LogP contribution in [0.4, 0.5) is 0 Å². The van der Waals surface area contributed by atoms with Crippen LogP contribution in [0.15, 0.2) is 0 Å². The van der Waals surface area contributed by atoms with Crippen molar-refractivity contribution in [2.75, 3.05) is 13.2 Å². The lowest BCUT2D eigenvalue weighted by Crippen LogP contribution is -2.33. The molecule has 0 aromatic rings. The predicted molar refractivity (Wildman–Crippen MR) is 67.9 cm³/mol. The summed E-state index contributed by atoms with van der Waals surface area (Å²) in [5, 5.41) is 1.54. The molecule has 0 aliphatic carbocycles. The van der Waals surface area contributed by atoms with Crippen LogP contribution in [-0.4, -0.2) is 29.5 Å². The second-order valence-electron chi connectivity index (χ2n) is 4.89. The van der Waals surface area contributed by atoms with Gasteiger partial charge in [-0.2, -0.15) is 11.8 Å². The van der Waals surface area contributed by atoms with Crippen LogP contribution in [0.3, 0.4) is 0 Å². The Hall–Kier alpha value is -0.0200.